The number of nitrogens with zero attached hydrogens (tertiary/aromatic N) is 1. The van der Waals surface area contributed by atoms with Crippen molar-refractivity contribution >= 4 is 11.7 Å². The van der Waals surface area contributed by atoms with E-state index in [1.165, 1.54) is 6.07 Å². The van der Waals surface area contributed by atoms with E-state index in [4.69, 9.17) is 5.11 Å². The molecule has 0 radical (unpaired) electrons. The third-order valence-corrected chi connectivity index (χ3v) is 2.06. The van der Waals surface area contributed by atoms with E-state index in [-0.39, 0.29) is 6.42 Å². The van der Waals surface area contributed by atoms with Crippen molar-refractivity contribution in [3.8, 4) is 0 Å². The summed E-state index contributed by atoms with van der Waals surface area (Å²) >= 11 is 0. The number of hydrogen-bond acceptors (Lipinski definition) is 3. The van der Waals surface area contributed by atoms with Gasteiger partial charge in [-0.3, -0.25) is 14.9 Å². The molecule has 0 heterocycles. The lowest BCUT2D eigenvalue weighted by atomic mass is 10.1. The van der Waals surface area contributed by atoms with E-state index in [2.05, 4.69) is 0 Å². The van der Waals surface area contributed by atoms with Crippen LogP contribution in [0.4, 0.5) is 10.1 Å². The molecule has 6 heteroatoms. The quantitative estimate of drug-likeness (QED) is 0.617. The molecule has 0 aromatic heterocycles. The predicted octanol–water partition coefficient (Wildman–Crippen LogP) is 2.14. The number of nitro groups is 1. The zero-order chi connectivity index (χ0) is 12.1. The smallest absolute Gasteiger partial charge is 0.305 e. The first-order chi connectivity index (χ1) is 7.50. The first-order valence-corrected chi connectivity index (χ1v) is 4.65. The number of carboxylic acids is 1. The number of aliphatic carboxylic acids is 1. The molecule has 0 aliphatic carbocycles. The Kier molecular flexibility index (Phi) is 3.93. The largest absolute Gasteiger partial charge is 0.481 e. The van der Waals surface area contributed by atoms with Crippen LogP contribution in [0.15, 0.2) is 18.2 Å². The van der Waals surface area contributed by atoms with E-state index in [0.29, 0.717) is 18.4 Å². The van der Waals surface area contributed by atoms with Crippen LogP contribution >= 0.6 is 0 Å². The van der Waals surface area contributed by atoms with E-state index in [1.807, 2.05) is 0 Å². The van der Waals surface area contributed by atoms with Gasteiger partial charge in [0.25, 0.3) is 0 Å². The van der Waals surface area contributed by atoms with Crippen LogP contribution in [-0.2, 0) is 11.2 Å². The van der Waals surface area contributed by atoms with Crippen molar-refractivity contribution in [3.05, 3.63) is 39.7 Å². The summed E-state index contributed by atoms with van der Waals surface area (Å²) in [6.45, 7) is 0. The van der Waals surface area contributed by atoms with Crippen LogP contribution in [0.3, 0.4) is 0 Å². The zero-order valence-corrected chi connectivity index (χ0v) is 8.35. The molecule has 86 valence electrons. The Balaban J connectivity index is 2.71. The number of nitro benzene ring substituents is 1. The molecular weight excluding hydrogens is 217 g/mol. The fraction of sp³-hybridized carbons (Fsp3) is 0.300. The minimum atomic E-state index is -0.920. The highest BCUT2D eigenvalue weighted by Gasteiger charge is 2.14. The Morgan fingerprint density at radius 1 is 1.50 bits per heavy atom. The molecule has 0 saturated heterocycles. The molecule has 0 saturated carbocycles. The van der Waals surface area contributed by atoms with Gasteiger partial charge < -0.3 is 5.11 Å². The number of benzene rings is 1. The number of carboxylic acid groups (broad SMARTS) is 1. The van der Waals surface area contributed by atoms with Crippen LogP contribution in [0, 0.1) is 15.9 Å². The number of rotatable bonds is 5. The number of halogens is 1. The molecule has 1 aromatic rings. The minimum absolute atomic E-state index is 0.00876. The van der Waals surface area contributed by atoms with Gasteiger partial charge in [-0.1, -0.05) is 6.07 Å². The first-order valence-electron chi connectivity index (χ1n) is 4.65. The highest BCUT2D eigenvalue weighted by Crippen LogP contribution is 2.19. The Bertz CT molecular complexity index is 419. The third kappa shape index (κ3) is 3.30. The molecule has 0 aliphatic rings. The van der Waals surface area contributed by atoms with Gasteiger partial charge in [0.15, 0.2) is 0 Å². The Morgan fingerprint density at radius 3 is 2.75 bits per heavy atom. The monoisotopic (exact) mass is 227 g/mol. The average molecular weight is 227 g/mol. The molecule has 5 nitrogen and oxygen atoms in total. The summed E-state index contributed by atoms with van der Waals surface area (Å²) in [6, 6.07) is 3.58. The first kappa shape index (κ1) is 12.1. The second-order valence-electron chi connectivity index (χ2n) is 3.29. The van der Waals surface area contributed by atoms with E-state index >= 15 is 0 Å². The van der Waals surface area contributed by atoms with Gasteiger partial charge in [-0.25, -0.2) is 0 Å². The van der Waals surface area contributed by atoms with E-state index in [0.717, 1.165) is 12.1 Å². The molecule has 0 atom stereocenters. The summed E-state index contributed by atoms with van der Waals surface area (Å²) in [5.41, 5.74) is -0.0119. The van der Waals surface area contributed by atoms with E-state index in [1.54, 1.807) is 0 Å². The van der Waals surface area contributed by atoms with Gasteiger partial charge >= 0.3 is 11.7 Å². The van der Waals surface area contributed by atoms with E-state index < -0.39 is 22.4 Å². The Labute approximate surface area is 90.7 Å². The highest BCUT2D eigenvalue weighted by atomic mass is 19.1. The SMILES string of the molecule is O=C(O)CCCc1ccc(F)c([N+](=O)[O-])c1. The maximum atomic E-state index is 12.9. The summed E-state index contributed by atoms with van der Waals surface area (Å²) in [5, 5.41) is 18.8. The van der Waals surface area contributed by atoms with Crippen molar-refractivity contribution in [3.63, 3.8) is 0 Å². The fourth-order valence-corrected chi connectivity index (χ4v) is 1.30. The van der Waals surface area contributed by atoms with Gasteiger partial charge in [0.2, 0.25) is 5.82 Å². The molecule has 0 amide bonds. The lowest BCUT2D eigenvalue weighted by Gasteiger charge is -2.00. The number of aryl methyl sites for hydroxylation is 1. The lowest BCUT2D eigenvalue weighted by molar-refractivity contribution is -0.387. The zero-order valence-electron chi connectivity index (χ0n) is 8.35. The van der Waals surface area contributed by atoms with Crippen LogP contribution in [0.25, 0.3) is 0 Å². The second kappa shape index (κ2) is 5.20. The van der Waals surface area contributed by atoms with Gasteiger partial charge in [-0.05, 0) is 24.5 Å². The molecule has 0 bridgehead atoms. The van der Waals surface area contributed by atoms with Crippen LogP contribution in [0.2, 0.25) is 0 Å². The van der Waals surface area contributed by atoms with Gasteiger partial charge in [0.1, 0.15) is 0 Å². The summed E-state index contributed by atoms with van der Waals surface area (Å²) in [7, 11) is 0. The van der Waals surface area contributed by atoms with Gasteiger partial charge in [-0.2, -0.15) is 4.39 Å². The summed E-state index contributed by atoms with van der Waals surface area (Å²) in [5.74, 6) is -1.80. The molecule has 1 rings (SSSR count). The van der Waals surface area contributed by atoms with Crippen molar-refractivity contribution in [2.45, 2.75) is 19.3 Å². The van der Waals surface area contributed by atoms with Crippen molar-refractivity contribution in [1.82, 2.24) is 0 Å². The molecule has 0 spiro atoms. The standard InChI is InChI=1S/C10H10FNO4/c11-8-5-4-7(2-1-3-10(13)14)6-9(8)12(15)16/h4-6H,1-3H2,(H,13,14). The number of hydrogen-bond donors (Lipinski definition) is 1. The maximum absolute atomic E-state index is 12.9. The minimum Gasteiger partial charge on any atom is -0.481 e. The van der Waals surface area contributed by atoms with E-state index in [9.17, 15) is 19.3 Å². The van der Waals surface area contributed by atoms with Crippen LogP contribution in [-0.4, -0.2) is 16.0 Å². The lowest BCUT2D eigenvalue weighted by Crippen LogP contribution is -1.98. The summed E-state index contributed by atoms with van der Waals surface area (Å²) < 4.78 is 12.9. The predicted molar refractivity (Wildman–Crippen MR) is 53.6 cm³/mol. The molecule has 0 fully saturated rings. The van der Waals surface area contributed by atoms with Crippen molar-refractivity contribution in [2.24, 2.45) is 0 Å². The molecule has 0 aliphatic heterocycles. The Hall–Kier alpha value is -1.98. The summed E-state index contributed by atoms with van der Waals surface area (Å²) in [4.78, 5) is 19.9. The Morgan fingerprint density at radius 2 is 2.19 bits per heavy atom. The van der Waals surface area contributed by atoms with Crippen LogP contribution in [0.5, 0.6) is 0 Å². The van der Waals surface area contributed by atoms with Crippen molar-refractivity contribution < 1.29 is 19.2 Å². The molecule has 1 aromatic carbocycles. The van der Waals surface area contributed by atoms with Gasteiger partial charge in [-0.15, -0.1) is 0 Å². The molecule has 1 N–H and O–H groups in total. The van der Waals surface area contributed by atoms with Crippen molar-refractivity contribution in [2.75, 3.05) is 0 Å². The molecule has 16 heavy (non-hydrogen) atoms. The second-order valence-corrected chi connectivity index (χ2v) is 3.29. The average Bonchev–Trinajstić information content (AvgIpc) is 2.19. The normalized spacial score (nSPS) is 10.1. The maximum Gasteiger partial charge on any atom is 0.305 e. The topological polar surface area (TPSA) is 80.4 Å². The summed E-state index contributed by atoms with van der Waals surface area (Å²) in [6.07, 6.45) is 0.747. The molecular formula is C10H10FNO4. The molecule has 0 unspecified atom stereocenters. The third-order valence-electron chi connectivity index (χ3n) is 2.06. The van der Waals surface area contributed by atoms with Crippen LogP contribution < -0.4 is 0 Å². The van der Waals surface area contributed by atoms with Gasteiger partial charge in [0, 0.05) is 12.5 Å². The van der Waals surface area contributed by atoms with Gasteiger partial charge in [0.05, 0.1) is 4.92 Å². The number of carbonyl (C=O) groups is 1. The highest BCUT2D eigenvalue weighted by molar-refractivity contribution is 5.66. The van der Waals surface area contributed by atoms with Crippen LogP contribution in [0.1, 0.15) is 18.4 Å². The fourth-order valence-electron chi connectivity index (χ4n) is 1.30. The van der Waals surface area contributed by atoms with Crippen molar-refractivity contribution in [1.29, 1.82) is 0 Å².